The van der Waals surface area contributed by atoms with E-state index in [0.29, 0.717) is 11.6 Å². The van der Waals surface area contributed by atoms with Crippen LogP contribution in [0.3, 0.4) is 0 Å². The van der Waals surface area contributed by atoms with Crippen LogP contribution >= 0.6 is 0 Å². The average molecular weight is 435 g/mol. The van der Waals surface area contributed by atoms with Gasteiger partial charge in [-0.2, -0.15) is 10.2 Å². The fourth-order valence-electron chi connectivity index (χ4n) is 5.16. The molecule has 0 radical (unpaired) electrons. The van der Waals surface area contributed by atoms with Gasteiger partial charge >= 0.3 is 0 Å². The van der Waals surface area contributed by atoms with Crippen LogP contribution in [0.4, 0.5) is 5.82 Å². The van der Waals surface area contributed by atoms with Gasteiger partial charge in [0.2, 0.25) is 0 Å². The number of amides is 1. The Morgan fingerprint density at radius 1 is 1.16 bits per heavy atom. The Bertz CT molecular complexity index is 1160. The minimum Gasteiger partial charge on any atom is -0.355 e. The maximum atomic E-state index is 13.3. The predicted octanol–water partition coefficient (Wildman–Crippen LogP) is 2.54. The number of rotatable bonds is 4. The molecule has 9 heteroatoms. The van der Waals surface area contributed by atoms with Gasteiger partial charge in [-0.3, -0.25) is 9.89 Å². The highest BCUT2D eigenvalue weighted by Gasteiger charge is 2.33. The zero-order valence-electron chi connectivity index (χ0n) is 18.5. The van der Waals surface area contributed by atoms with Gasteiger partial charge in [-0.05, 0) is 51.5 Å². The molecule has 3 aliphatic rings. The molecule has 1 amide bonds. The highest BCUT2D eigenvalue weighted by atomic mass is 16.2. The van der Waals surface area contributed by atoms with Gasteiger partial charge in [0.1, 0.15) is 11.5 Å². The number of H-pyrrole nitrogens is 1. The van der Waals surface area contributed by atoms with Crippen LogP contribution in [0, 0.1) is 6.92 Å². The van der Waals surface area contributed by atoms with Crippen molar-refractivity contribution in [3.05, 3.63) is 41.0 Å². The second-order valence-electron chi connectivity index (χ2n) is 9.61. The van der Waals surface area contributed by atoms with E-state index in [1.165, 1.54) is 12.8 Å². The van der Waals surface area contributed by atoms with E-state index in [9.17, 15) is 4.79 Å². The molecule has 5 heterocycles. The normalized spacial score (nSPS) is 23.9. The number of nitrogens with one attached hydrogen (secondary N) is 1. The van der Waals surface area contributed by atoms with Crippen molar-refractivity contribution in [1.29, 1.82) is 0 Å². The van der Waals surface area contributed by atoms with Crippen molar-refractivity contribution in [2.45, 2.75) is 63.5 Å². The highest BCUT2D eigenvalue weighted by Crippen LogP contribution is 2.39. The van der Waals surface area contributed by atoms with E-state index in [1.807, 2.05) is 27.7 Å². The molecule has 1 aliphatic carbocycles. The summed E-state index contributed by atoms with van der Waals surface area (Å²) in [6.07, 6.45) is 8.39. The van der Waals surface area contributed by atoms with Gasteiger partial charge in [-0.25, -0.2) is 9.50 Å². The Hall–Kier alpha value is -2.94. The Morgan fingerprint density at radius 3 is 2.81 bits per heavy atom. The molecule has 2 unspecified atom stereocenters. The van der Waals surface area contributed by atoms with Gasteiger partial charge in [0.25, 0.3) is 5.91 Å². The van der Waals surface area contributed by atoms with Gasteiger partial charge in [-0.1, -0.05) is 0 Å². The number of anilines is 1. The number of hydrogen-bond donors (Lipinski definition) is 2. The van der Waals surface area contributed by atoms with E-state index >= 15 is 0 Å². The number of carbonyl (C=O) groups is 1. The number of piperidine rings is 1. The third kappa shape index (κ3) is 3.44. The van der Waals surface area contributed by atoms with Crippen molar-refractivity contribution >= 4 is 17.4 Å². The third-order valence-electron chi connectivity index (χ3n) is 7.09. The summed E-state index contributed by atoms with van der Waals surface area (Å²) in [7, 11) is 0. The molecular formula is C23H30N8O. The summed E-state index contributed by atoms with van der Waals surface area (Å²) in [6.45, 7) is 4.57. The first-order chi connectivity index (χ1) is 15.6. The highest BCUT2D eigenvalue weighted by molar-refractivity contribution is 5.92. The first-order valence-corrected chi connectivity index (χ1v) is 11.8. The van der Waals surface area contributed by atoms with Crippen molar-refractivity contribution in [2.75, 3.05) is 24.5 Å². The van der Waals surface area contributed by atoms with Crippen LogP contribution in [0.2, 0.25) is 0 Å². The topological polar surface area (TPSA) is 108 Å². The second kappa shape index (κ2) is 7.58. The largest absolute Gasteiger partial charge is 0.355 e. The van der Waals surface area contributed by atoms with Crippen molar-refractivity contribution in [3.8, 4) is 0 Å². The van der Waals surface area contributed by atoms with Gasteiger partial charge in [-0.15, -0.1) is 0 Å². The van der Waals surface area contributed by atoms with Crippen molar-refractivity contribution in [2.24, 2.45) is 5.73 Å². The van der Waals surface area contributed by atoms with Crippen molar-refractivity contribution in [1.82, 2.24) is 29.7 Å². The van der Waals surface area contributed by atoms with E-state index in [1.54, 1.807) is 0 Å². The fraction of sp³-hybridized carbons (Fsp3) is 0.565. The standard InChI is InChI=1S/C23H30N8O/c1-14-12-31-21(25-22(14)29-9-7-16(24)13-29)11-18(28-31)20-4-2-3-8-30(20)23(32)19-10-17(26-27-19)15-5-6-15/h10-12,15-16,20H,2-9,13,24H2,1H3,(H,26,27). The Kier molecular flexibility index (Phi) is 4.67. The molecular weight excluding hydrogens is 404 g/mol. The van der Waals surface area contributed by atoms with Crippen LogP contribution in [-0.4, -0.2) is 61.3 Å². The van der Waals surface area contributed by atoms with Crippen LogP contribution in [-0.2, 0) is 0 Å². The summed E-state index contributed by atoms with van der Waals surface area (Å²) >= 11 is 0. The van der Waals surface area contributed by atoms with Crippen molar-refractivity contribution in [3.63, 3.8) is 0 Å². The van der Waals surface area contributed by atoms with E-state index in [-0.39, 0.29) is 18.0 Å². The molecule has 6 rings (SSSR count). The van der Waals surface area contributed by atoms with Gasteiger partial charge in [0.15, 0.2) is 5.65 Å². The molecule has 0 spiro atoms. The number of fused-ring (bicyclic) bond motifs is 1. The third-order valence-corrected chi connectivity index (χ3v) is 7.09. The zero-order valence-corrected chi connectivity index (χ0v) is 18.5. The molecule has 3 aromatic heterocycles. The Labute approximate surface area is 187 Å². The summed E-state index contributed by atoms with van der Waals surface area (Å²) in [4.78, 5) is 22.5. The maximum Gasteiger partial charge on any atom is 0.274 e. The molecule has 3 fully saturated rings. The molecule has 32 heavy (non-hydrogen) atoms. The first kappa shape index (κ1) is 19.7. The molecule has 2 atom stereocenters. The Balaban J connectivity index is 1.30. The molecule has 168 valence electrons. The van der Waals surface area contributed by atoms with Crippen LogP contribution in [0.1, 0.15) is 77.9 Å². The number of hydrogen-bond acceptors (Lipinski definition) is 6. The van der Waals surface area contributed by atoms with E-state index in [4.69, 9.17) is 15.8 Å². The lowest BCUT2D eigenvalue weighted by Crippen LogP contribution is -2.38. The van der Waals surface area contributed by atoms with Crippen molar-refractivity contribution < 1.29 is 4.79 Å². The Morgan fingerprint density at radius 2 is 2.03 bits per heavy atom. The van der Waals surface area contributed by atoms with E-state index < -0.39 is 0 Å². The summed E-state index contributed by atoms with van der Waals surface area (Å²) in [5.41, 5.74) is 10.5. The smallest absolute Gasteiger partial charge is 0.274 e. The average Bonchev–Trinajstić information content (AvgIpc) is 3.19. The maximum absolute atomic E-state index is 13.3. The van der Waals surface area contributed by atoms with E-state index in [0.717, 1.165) is 73.7 Å². The second-order valence-corrected chi connectivity index (χ2v) is 9.61. The van der Waals surface area contributed by atoms with Crippen LogP contribution in [0.25, 0.3) is 5.65 Å². The fourth-order valence-corrected chi connectivity index (χ4v) is 5.16. The molecule has 3 N–H and O–H groups in total. The molecule has 9 nitrogen and oxygen atoms in total. The lowest BCUT2D eigenvalue weighted by Gasteiger charge is -2.34. The molecule has 0 aromatic carbocycles. The first-order valence-electron chi connectivity index (χ1n) is 11.8. The quantitative estimate of drug-likeness (QED) is 0.653. The van der Waals surface area contributed by atoms with Gasteiger partial charge in [0.05, 0.1) is 11.7 Å². The van der Waals surface area contributed by atoms with E-state index in [2.05, 4.69) is 22.0 Å². The molecule has 3 aromatic rings. The molecule has 0 bridgehead atoms. The van der Waals surface area contributed by atoms with Crippen LogP contribution in [0.5, 0.6) is 0 Å². The number of aryl methyl sites for hydroxylation is 1. The number of aromatic nitrogens is 5. The molecule has 1 saturated carbocycles. The lowest BCUT2D eigenvalue weighted by molar-refractivity contribution is 0.0599. The van der Waals surface area contributed by atoms with Gasteiger partial charge in [0, 0.05) is 55.1 Å². The predicted molar refractivity (Wildman–Crippen MR) is 121 cm³/mol. The number of likely N-dealkylation sites (tertiary alicyclic amines) is 1. The number of nitrogens with two attached hydrogens (primary N) is 1. The van der Waals surface area contributed by atoms with Gasteiger partial charge < -0.3 is 15.5 Å². The lowest BCUT2D eigenvalue weighted by atomic mass is 9.99. The minimum absolute atomic E-state index is 0.00853. The van der Waals surface area contributed by atoms with Crippen LogP contribution in [0.15, 0.2) is 18.3 Å². The SMILES string of the molecule is Cc1cn2nc(C3CCCCN3C(=O)c3cc(C4CC4)[nH]n3)cc2nc1N1CCC(N)C1. The number of aromatic amines is 1. The summed E-state index contributed by atoms with van der Waals surface area (Å²) in [5, 5.41) is 12.2. The monoisotopic (exact) mass is 434 g/mol. The minimum atomic E-state index is -0.0528. The molecule has 2 saturated heterocycles. The summed E-state index contributed by atoms with van der Waals surface area (Å²) in [5.74, 6) is 1.52. The molecule has 2 aliphatic heterocycles. The summed E-state index contributed by atoms with van der Waals surface area (Å²) in [6, 6.07) is 4.13. The van der Waals surface area contributed by atoms with Crippen LogP contribution < -0.4 is 10.6 Å². The summed E-state index contributed by atoms with van der Waals surface area (Å²) < 4.78 is 1.85. The number of nitrogens with zero attached hydrogens (tertiary/aromatic N) is 6. The zero-order chi connectivity index (χ0) is 21.8. The number of carbonyl (C=O) groups excluding carboxylic acids is 1.